The first kappa shape index (κ1) is 15.5. The van der Waals surface area contributed by atoms with E-state index in [1.165, 1.54) is 43.5 Å². The van der Waals surface area contributed by atoms with Crippen molar-refractivity contribution < 1.29 is 0 Å². The first-order valence-corrected chi connectivity index (χ1v) is 7.85. The molecule has 1 unspecified atom stereocenters. The summed E-state index contributed by atoms with van der Waals surface area (Å²) in [4.78, 5) is 4.78. The standard InChI is InChI=1S/C17H29N3/c1-19(2)13-15-6-8-16(9-7-15)17(12-18)14-20-10-4-3-5-11-20/h6-9,17H,3-5,10-14,18H2,1-2H3. The van der Waals surface area contributed by atoms with Crippen molar-refractivity contribution >= 4 is 0 Å². The largest absolute Gasteiger partial charge is 0.330 e. The van der Waals surface area contributed by atoms with E-state index in [0.717, 1.165) is 19.6 Å². The normalized spacial score (nSPS) is 18.4. The lowest BCUT2D eigenvalue weighted by Gasteiger charge is -2.30. The fourth-order valence-corrected chi connectivity index (χ4v) is 3.03. The zero-order valence-electron chi connectivity index (χ0n) is 13.0. The Labute approximate surface area is 123 Å². The molecule has 0 aliphatic carbocycles. The predicted octanol–water partition coefficient (Wildman–Crippen LogP) is 2.28. The van der Waals surface area contributed by atoms with Crippen molar-refractivity contribution in [2.45, 2.75) is 31.7 Å². The highest BCUT2D eigenvalue weighted by Crippen LogP contribution is 2.19. The highest BCUT2D eigenvalue weighted by Gasteiger charge is 2.16. The van der Waals surface area contributed by atoms with E-state index in [0.29, 0.717) is 5.92 Å². The second-order valence-corrected chi connectivity index (χ2v) is 6.27. The summed E-state index contributed by atoms with van der Waals surface area (Å²) in [5.74, 6) is 0.474. The van der Waals surface area contributed by atoms with Gasteiger partial charge in [0.25, 0.3) is 0 Å². The number of likely N-dealkylation sites (tertiary alicyclic amines) is 1. The van der Waals surface area contributed by atoms with E-state index < -0.39 is 0 Å². The molecule has 2 N–H and O–H groups in total. The molecule has 0 saturated carbocycles. The lowest BCUT2D eigenvalue weighted by Crippen LogP contribution is -2.35. The quantitative estimate of drug-likeness (QED) is 0.864. The number of rotatable bonds is 6. The van der Waals surface area contributed by atoms with E-state index in [1.807, 2.05) is 0 Å². The van der Waals surface area contributed by atoms with Gasteiger partial charge in [0.05, 0.1) is 0 Å². The van der Waals surface area contributed by atoms with Crippen molar-refractivity contribution in [3.63, 3.8) is 0 Å². The van der Waals surface area contributed by atoms with Crippen LogP contribution in [0.4, 0.5) is 0 Å². The van der Waals surface area contributed by atoms with E-state index in [2.05, 4.69) is 48.2 Å². The van der Waals surface area contributed by atoms with Crippen molar-refractivity contribution in [1.29, 1.82) is 0 Å². The minimum absolute atomic E-state index is 0.474. The summed E-state index contributed by atoms with van der Waals surface area (Å²) >= 11 is 0. The number of hydrogen-bond acceptors (Lipinski definition) is 3. The van der Waals surface area contributed by atoms with Gasteiger partial charge in [0, 0.05) is 25.6 Å². The van der Waals surface area contributed by atoms with E-state index >= 15 is 0 Å². The maximum absolute atomic E-state index is 6.01. The third kappa shape index (κ3) is 4.58. The maximum Gasteiger partial charge on any atom is 0.0227 e. The molecular weight excluding hydrogens is 246 g/mol. The third-order valence-electron chi connectivity index (χ3n) is 4.16. The Balaban J connectivity index is 1.95. The molecule has 0 aromatic heterocycles. The Hall–Kier alpha value is -0.900. The minimum Gasteiger partial charge on any atom is -0.330 e. The lowest BCUT2D eigenvalue weighted by atomic mass is 9.96. The van der Waals surface area contributed by atoms with Gasteiger partial charge in [-0.25, -0.2) is 0 Å². The number of piperidine rings is 1. The summed E-state index contributed by atoms with van der Waals surface area (Å²) in [6, 6.07) is 9.02. The van der Waals surface area contributed by atoms with Crippen LogP contribution < -0.4 is 5.73 Å². The van der Waals surface area contributed by atoms with Gasteiger partial charge in [-0.05, 0) is 51.2 Å². The van der Waals surface area contributed by atoms with E-state index in [9.17, 15) is 0 Å². The first-order chi connectivity index (χ1) is 9.69. The molecule has 2 rings (SSSR count). The highest BCUT2D eigenvalue weighted by atomic mass is 15.1. The molecule has 0 radical (unpaired) electrons. The molecule has 0 spiro atoms. The smallest absolute Gasteiger partial charge is 0.0227 e. The molecular formula is C17H29N3. The Morgan fingerprint density at radius 3 is 2.30 bits per heavy atom. The van der Waals surface area contributed by atoms with Crippen LogP contribution in [-0.2, 0) is 6.54 Å². The summed E-state index contributed by atoms with van der Waals surface area (Å²) in [5, 5.41) is 0. The third-order valence-corrected chi connectivity index (χ3v) is 4.16. The highest BCUT2D eigenvalue weighted by molar-refractivity contribution is 5.26. The molecule has 3 heteroatoms. The van der Waals surface area contributed by atoms with Crippen LogP contribution in [0.25, 0.3) is 0 Å². The van der Waals surface area contributed by atoms with E-state index in [1.54, 1.807) is 0 Å². The van der Waals surface area contributed by atoms with Gasteiger partial charge in [-0.3, -0.25) is 0 Å². The fourth-order valence-electron chi connectivity index (χ4n) is 3.03. The van der Waals surface area contributed by atoms with Crippen LogP contribution in [0.15, 0.2) is 24.3 Å². The van der Waals surface area contributed by atoms with Crippen LogP contribution >= 0.6 is 0 Å². The zero-order valence-corrected chi connectivity index (χ0v) is 13.0. The van der Waals surface area contributed by atoms with Gasteiger partial charge >= 0.3 is 0 Å². The van der Waals surface area contributed by atoms with Crippen LogP contribution in [0.3, 0.4) is 0 Å². The van der Waals surface area contributed by atoms with Crippen LogP contribution in [-0.4, -0.2) is 50.1 Å². The summed E-state index contributed by atoms with van der Waals surface area (Å²) < 4.78 is 0. The monoisotopic (exact) mass is 275 g/mol. The Bertz CT molecular complexity index is 380. The van der Waals surface area contributed by atoms with Crippen LogP contribution in [0.2, 0.25) is 0 Å². The minimum atomic E-state index is 0.474. The fraction of sp³-hybridized carbons (Fsp3) is 0.647. The van der Waals surface area contributed by atoms with E-state index in [4.69, 9.17) is 5.73 Å². The maximum atomic E-state index is 6.01. The number of nitrogens with zero attached hydrogens (tertiary/aromatic N) is 2. The summed E-state index contributed by atoms with van der Waals surface area (Å²) in [6.07, 6.45) is 4.08. The molecule has 1 heterocycles. The van der Waals surface area contributed by atoms with Crippen LogP contribution in [0.1, 0.15) is 36.3 Å². The average molecular weight is 275 g/mol. The van der Waals surface area contributed by atoms with Crippen molar-refractivity contribution in [3.8, 4) is 0 Å². The lowest BCUT2D eigenvalue weighted by molar-refractivity contribution is 0.216. The van der Waals surface area contributed by atoms with Crippen molar-refractivity contribution in [2.24, 2.45) is 5.73 Å². The number of hydrogen-bond donors (Lipinski definition) is 1. The van der Waals surface area contributed by atoms with Crippen molar-refractivity contribution in [3.05, 3.63) is 35.4 Å². The number of nitrogens with two attached hydrogens (primary N) is 1. The molecule has 1 saturated heterocycles. The molecule has 1 aliphatic rings. The number of benzene rings is 1. The second kappa shape index (κ2) is 7.77. The van der Waals surface area contributed by atoms with Gasteiger partial charge in [0.2, 0.25) is 0 Å². The van der Waals surface area contributed by atoms with Gasteiger partial charge in [-0.1, -0.05) is 30.7 Å². The molecule has 3 nitrogen and oxygen atoms in total. The molecule has 0 bridgehead atoms. The summed E-state index contributed by atoms with van der Waals surface area (Å²) in [7, 11) is 4.21. The van der Waals surface area contributed by atoms with E-state index in [-0.39, 0.29) is 0 Å². The van der Waals surface area contributed by atoms with Gasteiger partial charge in [0.15, 0.2) is 0 Å². The molecule has 1 aromatic rings. The molecule has 1 aromatic carbocycles. The topological polar surface area (TPSA) is 32.5 Å². The average Bonchev–Trinajstić information content (AvgIpc) is 2.46. The van der Waals surface area contributed by atoms with Gasteiger partial charge in [-0.2, -0.15) is 0 Å². The molecule has 1 atom stereocenters. The zero-order chi connectivity index (χ0) is 14.4. The van der Waals surface area contributed by atoms with Crippen molar-refractivity contribution in [2.75, 3.05) is 40.3 Å². The van der Waals surface area contributed by atoms with Gasteiger partial charge in [-0.15, -0.1) is 0 Å². The Kier molecular flexibility index (Phi) is 6.02. The second-order valence-electron chi connectivity index (χ2n) is 6.27. The predicted molar refractivity (Wildman–Crippen MR) is 85.9 cm³/mol. The van der Waals surface area contributed by atoms with Crippen molar-refractivity contribution in [1.82, 2.24) is 9.80 Å². The molecule has 0 amide bonds. The summed E-state index contributed by atoms with van der Waals surface area (Å²) in [6.45, 7) is 5.34. The molecule has 20 heavy (non-hydrogen) atoms. The van der Waals surface area contributed by atoms with Gasteiger partial charge in [0.1, 0.15) is 0 Å². The van der Waals surface area contributed by atoms with Crippen LogP contribution in [0.5, 0.6) is 0 Å². The molecule has 1 fully saturated rings. The summed E-state index contributed by atoms with van der Waals surface area (Å²) in [5.41, 5.74) is 8.76. The molecule has 112 valence electrons. The Morgan fingerprint density at radius 2 is 1.75 bits per heavy atom. The first-order valence-electron chi connectivity index (χ1n) is 7.85. The SMILES string of the molecule is CN(C)Cc1ccc(C(CN)CN2CCCCC2)cc1. The molecule has 1 aliphatic heterocycles. The van der Waals surface area contributed by atoms with Crippen LogP contribution in [0, 0.1) is 0 Å². The van der Waals surface area contributed by atoms with Gasteiger partial charge < -0.3 is 15.5 Å². The Morgan fingerprint density at radius 1 is 1.10 bits per heavy atom.